The van der Waals surface area contributed by atoms with Crippen LogP contribution >= 0.6 is 0 Å². The van der Waals surface area contributed by atoms with Crippen LogP contribution in [0.1, 0.15) is 0 Å². The molecule has 0 heterocycles. The SMILES string of the molecule is COc1ccccc1OCC[B-](F)(F)F. The van der Waals surface area contributed by atoms with E-state index >= 15 is 0 Å². The van der Waals surface area contributed by atoms with Crippen molar-refractivity contribution in [3.05, 3.63) is 24.3 Å². The first-order valence-electron chi connectivity index (χ1n) is 4.50. The van der Waals surface area contributed by atoms with Gasteiger partial charge in [-0.05, 0) is 12.1 Å². The maximum Gasteiger partial charge on any atom is 0.481 e. The molecule has 15 heavy (non-hydrogen) atoms. The molecule has 0 aromatic heterocycles. The molecule has 0 aliphatic heterocycles. The van der Waals surface area contributed by atoms with Crippen LogP contribution in [0.15, 0.2) is 24.3 Å². The summed E-state index contributed by atoms with van der Waals surface area (Å²) < 4.78 is 45.6. The van der Waals surface area contributed by atoms with Crippen LogP contribution in [-0.2, 0) is 0 Å². The number of methoxy groups -OCH3 is 1. The lowest BCUT2D eigenvalue weighted by Gasteiger charge is -2.15. The van der Waals surface area contributed by atoms with Crippen LogP contribution in [0.2, 0.25) is 6.32 Å². The third-order valence-electron chi connectivity index (χ3n) is 1.77. The fourth-order valence-corrected chi connectivity index (χ4v) is 1.04. The molecule has 0 saturated heterocycles. The Morgan fingerprint density at radius 2 is 1.73 bits per heavy atom. The van der Waals surface area contributed by atoms with Crippen LogP contribution in [0.4, 0.5) is 12.9 Å². The molecule has 0 aliphatic carbocycles. The summed E-state index contributed by atoms with van der Waals surface area (Å²) in [6.07, 6.45) is -0.905. The molecule has 0 saturated carbocycles. The number of ether oxygens (including phenoxy) is 2. The molecule has 0 unspecified atom stereocenters. The van der Waals surface area contributed by atoms with Gasteiger partial charge in [-0.25, -0.2) is 0 Å². The lowest BCUT2D eigenvalue weighted by atomic mass is 9.87. The zero-order valence-electron chi connectivity index (χ0n) is 8.25. The van der Waals surface area contributed by atoms with Gasteiger partial charge in [0.15, 0.2) is 11.5 Å². The summed E-state index contributed by atoms with van der Waals surface area (Å²) in [6.45, 7) is -5.15. The molecule has 0 fully saturated rings. The molecule has 0 amide bonds. The smallest absolute Gasteiger partial charge is 0.481 e. The highest BCUT2D eigenvalue weighted by molar-refractivity contribution is 6.58. The van der Waals surface area contributed by atoms with E-state index < -0.39 is 13.3 Å². The Hall–Kier alpha value is -1.33. The van der Waals surface area contributed by atoms with Crippen LogP contribution < -0.4 is 9.47 Å². The Bertz CT molecular complexity index is 314. The standard InChI is InChI=1S/C9H11BF3O2/c1-14-8-4-2-3-5-9(8)15-7-6-10(11,12)13/h2-5H,6-7H2,1H3/q-1. The van der Waals surface area contributed by atoms with Gasteiger partial charge in [-0.2, -0.15) is 0 Å². The molecule has 0 bridgehead atoms. The average Bonchev–Trinajstić information content (AvgIpc) is 2.16. The second kappa shape index (κ2) is 4.95. The van der Waals surface area contributed by atoms with Crippen LogP contribution in [0.5, 0.6) is 11.5 Å². The third-order valence-corrected chi connectivity index (χ3v) is 1.77. The van der Waals surface area contributed by atoms with Gasteiger partial charge < -0.3 is 22.4 Å². The second-order valence-electron chi connectivity index (χ2n) is 3.00. The van der Waals surface area contributed by atoms with Gasteiger partial charge in [-0.15, -0.1) is 0 Å². The monoisotopic (exact) mass is 219 g/mol. The van der Waals surface area contributed by atoms with Gasteiger partial charge in [0.2, 0.25) is 0 Å². The minimum atomic E-state index is -4.78. The molecule has 1 aromatic carbocycles. The minimum Gasteiger partial charge on any atom is -0.493 e. The number of hydrogen-bond acceptors (Lipinski definition) is 2. The number of para-hydroxylation sites is 2. The first-order valence-corrected chi connectivity index (χ1v) is 4.50. The molecule has 0 atom stereocenters. The molecule has 0 N–H and O–H groups in total. The van der Waals surface area contributed by atoms with Crippen molar-refractivity contribution in [2.45, 2.75) is 6.32 Å². The highest BCUT2D eigenvalue weighted by Crippen LogP contribution is 2.26. The van der Waals surface area contributed by atoms with Crippen molar-refractivity contribution >= 4 is 6.98 Å². The lowest BCUT2D eigenvalue weighted by molar-refractivity contribution is 0.298. The van der Waals surface area contributed by atoms with E-state index in [0.29, 0.717) is 11.5 Å². The number of rotatable bonds is 5. The van der Waals surface area contributed by atoms with E-state index in [1.54, 1.807) is 24.3 Å². The summed E-state index contributed by atoms with van der Waals surface area (Å²) in [4.78, 5) is 0. The molecule has 6 heteroatoms. The predicted octanol–water partition coefficient (Wildman–Crippen LogP) is 2.92. The number of benzene rings is 1. The van der Waals surface area contributed by atoms with Gasteiger partial charge in [0.1, 0.15) is 0 Å². The normalized spacial score (nSPS) is 11.2. The zero-order valence-corrected chi connectivity index (χ0v) is 8.25. The number of halogens is 3. The Balaban J connectivity index is 2.50. The molecule has 1 rings (SSSR count). The molecule has 0 radical (unpaired) electrons. The Morgan fingerprint density at radius 1 is 1.13 bits per heavy atom. The molecule has 0 spiro atoms. The van der Waals surface area contributed by atoms with Crippen molar-refractivity contribution in [3.8, 4) is 11.5 Å². The quantitative estimate of drug-likeness (QED) is 0.708. The van der Waals surface area contributed by atoms with Crippen LogP contribution in [-0.4, -0.2) is 20.7 Å². The fraction of sp³-hybridized carbons (Fsp3) is 0.333. The first kappa shape index (κ1) is 11.7. The Kier molecular flexibility index (Phi) is 3.88. The second-order valence-corrected chi connectivity index (χ2v) is 3.00. The van der Waals surface area contributed by atoms with Crippen molar-refractivity contribution in [2.24, 2.45) is 0 Å². The minimum absolute atomic E-state index is 0.333. The largest absolute Gasteiger partial charge is 0.493 e. The van der Waals surface area contributed by atoms with E-state index in [-0.39, 0.29) is 6.61 Å². The summed E-state index contributed by atoms with van der Waals surface area (Å²) >= 11 is 0. The van der Waals surface area contributed by atoms with Crippen LogP contribution in [0.3, 0.4) is 0 Å². The molecule has 0 aliphatic rings. The first-order chi connectivity index (χ1) is 7.03. The molecule has 84 valence electrons. The van der Waals surface area contributed by atoms with Crippen LogP contribution in [0, 0.1) is 0 Å². The van der Waals surface area contributed by atoms with Gasteiger partial charge in [0, 0.05) is 0 Å². The highest BCUT2D eigenvalue weighted by Gasteiger charge is 2.22. The van der Waals surface area contributed by atoms with Gasteiger partial charge >= 0.3 is 6.98 Å². The maximum atomic E-state index is 11.9. The van der Waals surface area contributed by atoms with Crippen molar-refractivity contribution < 1.29 is 22.4 Å². The highest BCUT2D eigenvalue weighted by atomic mass is 19.4. The van der Waals surface area contributed by atoms with Crippen molar-refractivity contribution in [3.63, 3.8) is 0 Å². The lowest BCUT2D eigenvalue weighted by Crippen LogP contribution is -2.18. The molecular weight excluding hydrogens is 208 g/mol. The van der Waals surface area contributed by atoms with E-state index in [9.17, 15) is 12.9 Å². The Labute approximate surface area is 86.1 Å². The molecule has 1 aromatic rings. The van der Waals surface area contributed by atoms with Gasteiger partial charge in [-0.1, -0.05) is 18.5 Å². The van der Waals surface area contributed by atoms with Crippen molar-refractivity contribution in [1.82, 2.24) is 0 Å². The van der Waals surface area contributed by atoms with Gasteiger partial charge in [0.05, 0.1) is 13.7 Å². The van der Waals surface area contributed by atoms with Gasteiger partial charge in [0.25, 0.3) is 0 Å². The summed E-state index contributed by atoms with van der Waals surface area (Å²) in [6, 6.07) is 6.60. The summed E-state index contributed by atoms with van der Waals surface area (Å²) in [7, 11) is 1.44. The number of hydrogen-bond donors (Lipinski definition) is 0. The maximum absolute atomic E-state index is 11.9. The van der Waals surface area contributed by atoms with E-state index in [0.717, 1.165) is 0 Å². The van der Waals surface area contributed by atoms with Gasteiger partial charge in [-0.3, -0.25) is 0 Å². The van der Waals surface area contributed by atoms with E-state index in [4.69, 9.17) is 9.47 Å². The fourth-order valence-electron chi connectivity index (χ4n) is 1.04. The van der Waals surface area contributed by atoms with Crippen LogP contribution in [0.25, 0.3) is 0 Å². The average molecular weight is 219 g/mol. The summed E-state index contributed by atoms with van der Waals surface area (Å²) in [5, 5.41) is 0. The van der Waals surface area contributed by atoms with Crippen molar-refractivity contribution in [1.29, 1.82) is 0 Å². The Morgan fingerprint density at radius 3 is 2.27 bits per heavy atom. The third kappa shape index (κ3) is 4.14. The zero-order chi connectivity index (χ0) is 11.3. The summed E-state index contributed by atoms with van der Waals surface area (Å²) in [5.74, 6) is 0.771. The topological polar surface area (TPSA) is 18.5 Å². The predicted molar refractivity (Wildman–Crippen MR) is 52.4 cm³/mol. The van der Waals surface area contributed by atoms with E-state index in [2.05, 4.69) is 0 Å². The van der Waals surface area contributed by atoms with E-state index in [1.807, 2.05) is 0 Å². The van der Waals surface area contributed by atoms with Crippen molar-refractivity contribution in [2.75, 3.05) is 13.7 Å². The summed E-state index contributed by atoms with van der Waals surface area (Å²) in [5.41, 5.74) is 0. The molecule has 2 nitrogen and oxygen atoms in total. The molecular formula is C9H11BF3O2-. The van der Waals surface area contributed by atoms with E-state index in [1.165, 1.54) is 7.11 Å².